The molecule has 0 bridgehead atoms. The summed E-state index contributed by atoms with van der Waals surface area (Å²) in [5, 5.41) is 0. The maximum absolute atomic E-state index is 0. The quantitative estimate of drug-likeness (QED) is 0.0701. The fourth-order valence-electron chi connectivity index (χ4n) is 0. The zero-order chi connectivity index (χ0) is 0. The molecule has 0 fully saturated rings. The van der Waals surface area contributed by atoms with Gasteiger partial charge in [0.2, 0.25) is 0 Å². The van der Waals surface area contributed by atoms with E-state index in [4.69, 9.17) is 0 Å². The summed E-state index contributed by atoms with van der Waals surface area (Å²) in [6.45, 7) is 0. The third kappa shape index (κ3) is 714. The molecule has 0 aliphatic carbocycles. The first-order valence-corrected chi connectivity index (χ1v) is 0. The number of hydrogen-bond donors (Lipinski definition) is 5. The Bertz CT molecular complexity index is 275. The summed E-state index contributed by atoms with van der Waals surface area (Å²) in [6.07, 6.45) is 0. The largest absolute Gasteiger partial charge is 1.00 e. The Balaban J connectivity index is 0. The molecule has 8 unspecified atom stereocenters. The fourth-order valence-corrected chi connectivity index (χ4v) is 0. The Morgan fingerprint density at radius 1 is 0.171 bits per heavy atom. The minimum absolute atomic E-state index is 0. The second-order valence-electron chi connectivity index (χ2n) is 0. The van der Waals surface area contributed by atoms with E-state index in [9.17, 15) is 0 Å². The molecule has 0 saturated heterocycles. The van der Waals surface area contributed by atoms with E-state index in [1.54, 1.807) is 0 Å². The molecule has 70 heavy (non-hydrogen) atoms. The summed E-state index contributed by atoms with van der Waals surface area (Å²) < 4.78 is 0. The van der Waals surface area contributed by atoms with E-state index in [2.05, 4.69) is 0 Å². The van der Waals surface area contributed by atoms with Crippen molar-refractivity contribution in [2.45, 2.75) is 0 Å². The van der Waals surface area contributed by atoms with E-state index < -0.39 is 0 Å². The summed E-state index contributed by atoms with van der Waals surface area (Å²) in [4.78, 5) is 0. The van der Waals surface area contributed by atoms with Gasteiger partial charge in [-0.25, -0.2) is 0 Å². The van der Waals surface area contributed by atoms with Crippen molar-refractivity contribution in [3.8, 4) is 0 Å². The Morgan fingerprint density at radius 2 is 0.171 bits per heavy atom. The Labute approximate surface area is 1420 Å². The molecule has 8 atom stereocenters. The van der Waals surface area contributed by atoms with Crippen molar-refractivity contribution < 1.29 is 1100 Å². The molecule has 15 N–H and O–H groups in total. The fraction of sp³-hybridized carbons (Fsp3) is 0. The van der Waals surface area contributed by atoms with Gasteiger partial charge in [0, 0.05) is 657 Å². The van der Waals surface area contributed by atoms with Crippen LogP contribution in [0.5, 0.6) is 0 Å². The van der Waals surface area contributed by atoms with Crippen LogP contribution in [0.25, 0.3) is 0 Å². The molecule has 70 heteroatoms. The molecule has 24 radical (unpaired) electrons. The smallest absolute Gasteiger partial charge is 1.00 e. The number of hydrogen-bond acceptors (Lipinski definition) is 5. The summed E-state index contributed by atoms with van der Waals surface area (Å²) >= 11 is 0. The minimum Gasteiger partial charge on any atom is -1.00 e. The van der Waals surface area contributed by atoms with E-state index >= 15 is 0 Å². The number of halogens is 11. The maximum Gasteiger partial charge on any atom is 1.00 e. The molecule has 0 aliphatic heterocycles. The average molecular weight is 4370 g/mol. The summed E-state index contributed by atoms with van der Waals surface area (Å²) in [7, 11) is 0. The van der Waals surface area contributed by atoms with Crippen molar-refractivity contribution in [2.75, 3.05) is 0 Å². The molecular weight excluding hydrogens is 4260 g/mol. The molecule has 0 heterocycles. The number of rotatable bonds is 0. The van der Waals surface area contributed by atoms with Crippen LogP contribution in [0.3, 0.4) is 0 Å². The van der Waals surface area contributed by atoms with E-state index in [0.29, 0.717) is 0 Å². The van der Waals surface area contributed by atoms with Crippen LogP contribution in [0.15, 0.2) is 0 Å². The Hall–Kier alpha value is 43.9. The first kappa shape index (κ1) is 753. The van der Waals surface area contributed by atoms with Crippen LogP contribution in [-0.4, -0.2) is 0 Å². The summed E-state index contributed by atoms with van der Waals surface area (Å²) in [6, 6.07) is 0. The van der Waals surface area contributed by atoms with Crippen LogP contribution in [0, 0.1) is 0 Å². The molecule has 0 aromatic rings. The molecular formula is H94F5I6K8N5P8S8V19W6Y5. The average Bonchev–Trinajstić information content (AvgIpc) is 0. The van der Waals surface area contributed by atoms with Crippen LogP contribution in [-0.2, 0) is 642 Å². The van der Waals surface area contributed by atoms with Gasteiger partial charge in [0.25, 0.3) is 0 Å². The normalized spacial score (nSPS) is 0. The van der Waals surface area contributed by atoms with E-state index in [-0.39, 0.29) is 1460 Å². The van der Waals surface area contributed by atoms with Gasteiger partial charge in [-0.1, -0.05) is 0 Å². The Morgan fingerprint density at radius 3 is 0.171 bits per heavy atom. The second-order valence-corrected chi connectivity index (χ2v) is 0. The van der Waals surface area contributed by atoms with Gasteiger partial charge in [0.15, 0.2) is 0 Å². The third-order valence-electron chi connectivity index (χ3n) is 0. The maximum atomic E-state index is 0. The van der Waals surface area contributed by atoms with Crippen LogP contribution < -0.4 is 442 Å². The minimum atomic E-state index is 0. The molecule has 0 aromatic carbocycles. The van der Waals surface area contributed by atoms with Crippen LogP contribution >= 0.6 is 331 Å². The standard InChI is InChI=1S/5FH.6HI.8K.5H3N.8H3P.8H2S.19V.6W.5Y.10H2.8H/h11*1H;;;;;;;;;13*1H3;8*1H2;;;;;;;;;;;;;;;;;;;;;;;;;;;;;;;10*1H;;;;;;;;/q;;;;;;;;;;;8*+1;;;;;;;;;;;;;;;;;;;;;;;;;;;;;;;;;;;;;;;;;;;;;;;;;;;;;;;;;;;;;;8*-1/i;;;;;;;;;;;;;;;;;;;;;;;;;;;;;;;;;;;;;;;;;;;;;;;;;;;;;;;;;;;;;;;;;;;;;;4*1+2;6*1+1;;;;;;;;. The van der Waals surface area contributed by atoms with Gasteiger partial charge in [0.05, 0.1) is 0 Å². The predicted molar refractivity (Wildman–Crippen MR) is 332 cm³/mol. The van der Waals surface area contributed by atoms with E-state index in [1.165, 1.54) is 0 Å². The first-order chi connectivity index (χ1) is 0. The molecule has 0 spiro atoms. The van der Waals surface area contributed by atoms with Crippen molar-refractivity contribution in [1.29, 1.82) is 0 Å². The van der Waals surface area contributed by atoms with E-state index in [0.717, 1.165) is 0 Å². The van der Waals surface area contributed by atoms with Crippen molar-refractivity contribution >= 4 is 331 Å². The Kier molecular flexibility index (Phi) is 7890. The van der Waals surface area contributed by atoms with Gasteiger partial charge >= 0.3 is 411 Å². The van der Waals surface area contributed by atoms with Gasteiger partial charge in [-0.15, -0.1) is 144 Å². The molecule has 5 nitrogen and oxygen atoms in total. The van der Waals surface area contributed by atoms with Crippen LogP contribution in [0.1, 0.15) is 25.7 Å². The van der Waals surface area contributed by atoms with Gasteiger partial charge in [-0.05, 0) is 0 Å². The van der Waals surface area contributed by atoms with Crippen LogP contribution in [0.4, 0.5) is 23.5 Å². The summed E-state index contributed by atoms with van der Waals surface area (Å²) in [5.74, 6) is 0. The molecule has 438 valence electrons. The van der Waals surface area contributed by atoms with Gasteiger partial charge < -0.3 is 42.2 Å². The van der Waals surface area contributed by atoms with Crippen molar-refractivity contribution in [2.24, 2.45) is 0 Å². The van der Waals surface area contributed by atoms with Crippen LogP contribution in [0.2, 0.25) is 0 Å². The van der Waals surface area contributed by atoms with Crippen molar-refractivity contribution in [1.82, 2.24) is 30.8 Å². The summed E-state index contributed by atoms with van der Waals surface area (Å²) in [5.41, 5.74) is 0. The van der Waals surface area contributed by atoms with Gasteiger partial charge in [-0.2, -0.15) is 187 Å². The molecule has 0 aliphatic rings. The van der Waals surface area contributed by atoms with Crippen molar-refractivity contribution in [3.05, 3.63) is 0 Å². The zero-order valence-electron chi connectivity index (χ0n) is 47.5. The molecule has 0 amide bonds. The SMILES string of the molecule is F.F.F.F.F.I.I.I.I.I.I.N.N.N.N.N.P.P.P.P.P.P.P.P.S.S.S.S.S.S.S.S.[2HH].[2HH].[2HH].[2HH].[2HH].[2HH].[3HH].[3HH].[3HH].[3HH].[H-].[H-].[H-].[H-].[H-].[H-].[H-].[H-].[K+].[K+].[K+].[K+].[K+].[K+].[K+].[K+].[V].[V].[V].[V].[V].[V].[V].[V].[V].[V].[V].[V].[V].[V].[V].[V].[V].[V].[V].[W].[W].[W].[W].[W].[W].[Y].[Y].[Y].[Y].[Y]. The first-order valence-electron chi connectivity index (χ1n) is 0. The van der Waals surface area contributed by atoms with Gasteiger partial charge in [-0.3, -0.25) is 23.5 Å². The zero-order valence-corrected chi connectivity index (χ0v) is 156. The predicted octanol–water partition coefficient (Wildman–Crippen LogP) is -14.0. The third-order valence-corrected chi connectivity index (χ3v) is 0. The van der Waals surface area contributed by atoms with E-state index in [1.807, 2.05) is 0 Å². The molecule has 0 saturated carbocycles. The van der Waals surface area contributed by atoms with Crippen molar-refractivity contribution in [3.63, 3.8) is 0 Å². The second kappa shape index (κ2) is 733. The topological polar surface area (TPSA) is 175 Å². The molecule has 0 aromatic heterocycles. The molecule has 0 rings (SSSR count). The monoisotopic (exact) mass is 4370 g/mol. The van der Waals surface area contributed by atoms with Gasteiger partial charge in [0.1, 0.15) is 0 Å².